The monoisotopic (exact) mass is 309 g/mol. The standard InChI is InChI=1S/C19H23N3O/c1-13-5-7-17(8-6-13)11-21-22-18(23)12-20-19-15(3)9-14(2)10-16(19)4/h5-11,20H,12H2,1-4H3,(H,22,23)/b21-11-. The summed E-state index contributed by atoms with van der Waals surface area (Å²) in [5.41, 5.74) is 9.18. The molecule has 4 nitrogen and oxygen atoms in total. The second-order valence-electron chi connectivity index (χ2n) is 5.83. The number of rotatable bonds is 5. The number of carbonyl (C=O) groups excluding carboxylic acids is 1. The second kappa shape index (κ2) is 7.58. The summed E-state index contributed by atoms with van der Waals surface area (Å²) in [7, 11) is 0. The van der Waals surface area contributed by atoms with E-state index >= 15 is 0 Å². The number of hydrogen-bond acceptors (Lipinski definition) is 3. The molecule has 0 aromatic heterocycles. The molecule has 2 aromatic rings. The lowest BCUT2D eigenvalue weighted by Crippen LogP contribution is -2.26. The maximum Gasteiger partial charge on any atom is 0.259 e. The Bertz CT molecular complexity index is 695. The van der Waals surface area contributed by atoms with Crippen LogP contribution in [0.3, 0.4) is 0 Å². The quantitative estimate of drug-likeness (QED) is 0.656. The van der Waals surface area contributed by atoms with Gasteiger partial charge in [-0.1, -0.05) is 47.5 Å². The Kier molecular flexibility index (Phi) is 5.52. The molecule has 2 N–H and O–H groups in total. The van der Waals surface area contributed by atoms with Gasteiger partial charge in [0.15, 0.2) is 0 Å². The van der Waals surface area contributed by atoms with E-state index in [9.17, 15) is 4.79 Å². The predicted octanol–water partition coefficient (Wildman–Crippen LogP) is 3.48. The zero-order valence-electron chi connectivity index (χ0n) is 14.1. The molecule has 0 saturated carbocycles. The van der Waals surface area contributed by atoms with E-state index in [1.54, 1.807) is 6.21 Å². The predicted molar refractivity (Wildman–Crippen MR) is 96.1 cm³/mol. The Morgan fingerprint density at radius 2 is 1.61 bits per heavy atom. The first kappa shape index (κ1) is 16.7. The number of nitrogens with one attached hydrogen (secondary N) is 2. The van der Waals surface area contributed by atoms with Gasteiger partial charge in [0.25, 0.3) is 5.91 Å². The highest BCUT2D eigenvalue weighted by Crippen LogP contribution is 2.21. The van der Waals surface area contributed by atoms with Crippen molar-refractivity contribution in [3.8, 4) is 0 Å². The molecule has 0 aliphatic heterocycles. The van der Waals surface area contributed by atoms with E-state index in [-0.39, 0.29) is 12.5 Å². The van der Waals surface area contributed by atoms with Crippen molar-refractivity contribution in [1.29, 1.82) is 0 Å². The Hall–Kier alpha value is -2.62. The van der Waals surface area contributed by atoms with Crippen LogP contribution in [0.2, 0.25) is 0 Å². The van der Waals surface area contributed by atoms with Crippen molar-refractivity contribution in [2.75, 3.05) is 11.9 Å². The average molecular weight is 309 g/mol. The molecule has 0 bridgehead atoms. The number of benzene rings is 2. The first-order chi connectivity index (χ1) is 11.0. The molecule has 0 aliphatic carbocycles. The molecule has 0 aliphatic rings. The van der Waals surface area contributed by atoms with E-state index in [1.165, 1.54) is 11.1 Å². The van der Waals surface area contributed by atoms with Gasteiger partial charge < -0.3 is 5.32 Å². The first-order valence-electron chi connectivity index (χ1n) is 7.66. The minimum Gasteiger partial charge on any atom is -0.376 e. The summed E-state index contributed by atoms with van der Waals surface area (Å²) in [5.74, 6) is -0.173. The summed E-state index contributed by atoms with van der Waals surface area (Å²) in [6, 6.07) is 12.1. The maximum absolute atomic E-state index is 11.9. The third kappa shape index (κ3) is 4.95. The van der Waals surface area contributed by atoms with Gasteiger partial charge in [0.1, 0.15) is 0 Å². The SMILES string of the molecule is Cc1ccc(/C=N\NC(=O)CNc2c(C)cc(C)cc2C)cc1. The summed E-state index contributed by atoms with van der Waals surface area (Å²) in [6.45, 7) is 8.36. The van der Waals surface area contributed by atoms with Gasteiger partial charge in [0.2, 0.25) is 0 Å². The lowest BCUT2D eigenvalue weighted by Gasteiger charge is -2.13. The zero-order valence-corrected chi connectivity index (χ0v) is 14.1. The van der Waals surface area contributed by atoms with Crippen molar-refractivity contribution in [3.05, 3.63) is 64.2 Å². The Morgan fingerprint density at radius 1 is 1.00 bits per heavy atom. The van der Waals surface area contributed by atoms with Gasteiger partial charge in [-0.3, -0.25) is 4.79 Å². The fourth-order valence-corrected chi connectivity index (χ4v) is 2.50. The van der Waals surface area contributed by atoms with Crippen molar-refractivity contribution in [3.63, 3.8) is 0 Å². The summed E-state index contributed by atoms with van der Waals surface area (Å²) < 4.78 is 0. The van der Waals surface area contributed by atoms with Crippen LogP contribution in [-0.2, 0) is 4.79 Å². The first-order valence-corrected chi connectivity index (χ1v) is 7.66. The maximum atomic E-state index is 11.9. The molecule has 0 heterocycles. The molecule has 0 spiro atoms. The van der Waals surface area contributed by atoms with E-state index < -0.39 is 0 Å². The summed E-state index contributed by atoms with van der Waals surface area (Å²) in [6.07, 6.45) is 1.64. The van der Waals surface area contributed by atoms with E-state index in [0.29, 0.717) is 0 Å². The van der Waals surface area contributed by atoms with Crippen molar-refractivity contribution in [1.82, 2.24) is 5.43 Å². The molecule has 0 radical (unpaired) electrons. The highest BCUT2D eigenvalue weighted by atomic mass is 16.2. The van der Waals surface area contributed by atoms with Crippen molar-refractivity contribution in [2.45, 2.75) is 27.7 Å². The van der Waals surface area contributed by atoms with Crippen LogP contribution < -0.4 is 10.7 Å². The van der Waals surface area contributed by atoms with Gasteiger partial charge in [-0.15, -0.1) is 0 Å². The normalized spacial score (nSPS) is 10.8. The van der Waals surface area contributed by atoms with E-state index in [4.69, 9.17) is 0 Å². The summed E-state index contributed by atoms with van der Waals surface area (Å²) >= 11 is 0. The molecule has 0 unspecified atom stereocenters. The molecular formula is C19H23N3O. The zero-order chi connectivity index (χ0) is 16.8. The van der Waals surface area contributed by atoms with Crippen molar-refractivity contribution >= 4 is 17.8 Å². The highest BCUT2D eigenvalue weighted by Gasteiger charge is 2.05. The molecule has 0 saturated heterocycles. The van der Waals surface area contributed by atoms with Crippen LogP contribution in [0, 0.1) is 27.7 Å². The van der Waals surface area contributed by atoms with Crippen molar-refractivity contribution in [2.24, 2.45) is 5.10 Å². The fourth-order valence-electron chi connectivity index (χ4n) is 2.50. The van der Waals surface area contributed by atoms with Gasteiger partial charge in [0.05, 0.1) is 12.8 Å². The van der Waals surface area contributed by atoms with Gasteiger partial charge in [0, 0.05) is 5.69 Å². The van der Waals surface area contributed by atoms with Gasteiger partial charge in [-0.25, -0.2) is 5.43 Å². The number of hydrogen-bond donors (Lipinski definition) is 2. The van der Waals surface area contributed by atoms with Gasteiger partial charge in [-0.2, -0.15) is 5.10 Å². The van der Waals surface area contributed by atoms with Crippen LogP contribution in [0.5, 0.6) is 0 Å². The van der Waals surface area contributed by atoms with Crippen LogP contribution in [0.4, 0.5) is 5.69 Å². The van der Waals surface area contributed by atoms with Crippen LogP contribution in [0.25, 0.3) is 0 Å². The molecule has 23 heavy (non-hydrogen) atoms. The molecule has 4 heteroatoms. The second-order valence-corrected chi connectivity index (χ2v) is 5.83. The molecule has 1 amide bonds. The van der Waals surface area contributed by atoms with Gasteiger partial charge >= 0.3 is 0 Å². The topological polar surface area (TPSA) is 53.5 Å². The number of amides is 1. The Morgan fingerprint density at radius 3 is 2.22 bits per heavy atom. The van der Waals surface area contributed by atoms with Gasteiger partial charge in [-0.05, 0) is 44.4 Å². The smallest absolute Gasteiger partial charge is 0.259 e. The Balaban J connectivity index is 1.87. The average Bonchev–Trinajstić information content (AvgIpc) is 2.48. The van der Waals surface area contributed by atoms with E-state index in [2.05, 4.69) is 34.9 Å². The lowest BCUT2D eigenvalue weighted by atomic mass is 10.1. The minimum absolute atomic E-state index is 0.173. The highest BCUT2D eigenvalue weighted by molar-refractivity contribution is 5.84. The van der Waals surface area contributed by atoms with E-state index in [1.807, 2.05) is 45.0 Å². The van der Waals surface area contributed by atoms with E-state index in [0.717, 1.165) is 22.4 Å². The molecule has 2 aromatic carbocycles. The summed E-state index contributed by atoms with van der Waals surface area (Å²) in [4.78, 5) is 11.9. The van der Waals surface area contributed by atoms with Crippen LogP contribution in [0.15, 0.2) is 41.5 Å². The minimum atomic E-state index is -0.173. The number of hydrazone groups is 1. The molecule has 0 atom stereocenters. The fraction of sp³-hybridized carbons (Fsp3) is 0.263. The number of anilines is 1. The lowest BCUT2D eigenvalue weighted by molar-refractivity contribution is -0.119. The van der Waals surface area contributed by atoms with Crippen LogP contribution >= 0.6 is 0 Å². The third-order valence-electron chi connectivity index (χ3n) is 3.58. The van der Waals surface area contributed by atoms with Crippen LogP contribution in [-0.4, -0.2) is 18.7 Å². The molecular weight excluding hydrogens is 286 g/mol. The number of carbonyl (C=O) groups is 1. The number of aryl methyl sites for hydroxylation is 4. The third-order valence-corrected chi connectivity index (χ3v) is 3.58. The number of nitrogens with zero attached hydrogens (tertiary/aromatic N) is 1. The molecule has 120 valence electrons. The Labute approximate surface area is 137 Å². The summed E-state index contributed by atoms with van der Waals surface area (Å²) in [5, 5.41) is 7.16. The molecule has 2 rings (SSSR count). The molecule has 0 fully saturated rings. The largest absolute Gasteiger partial charge is 0.376 e. The van der Waals surface area contributed by atoms with Crippen LogP contribution in [0.1, 0.15) is 27.8 Å². The van der Waals surface area contributed by atoms with Crippen molar-refractivity contribution < 1.29 is 4.79 Å².